The fourth-order valence-corrected chi connectivity index (χ4v) is 2.55. The molecule has 1 unspecified atom stereocenters. The SMILES string of the molecule is CCOC(=O)N1CCC(NC(=O)c2cnc(NC(C)CC)cn2)CC1. The molecule has 1 atom stereocenters. The molecule has 25 heavy (non-hydrogen) atoms. The van der Waals surface area contributed by atoms with E-state index in [4.69, 9.17) is 4.74 Å². The molecular weight excluding hydrogens is 322 g/mol. The largest absolute Gasteiger partial charge is 0.450 e. The normalized spacial score (nSPS) is 16.2. The number of carbonyl (C=O) groups excluding carboxylic acids is 2. The highest BCUT2D eigenvalue weighted by Crippen LogP contribution is 2.12. The predicted molar refractivity (Wildman–Crippen MR) is 94.5 cm³/mol. The third-order valence-corrected chi connectivity index (χ3v) is 4.25. The maximum atomic E-state index is 12.3. The van der Waals surface area contributed by atoms with Crippen LogP contribution in [0.2, 0.25) is 0 Å². The van der Waals surface area contributed by atoms with E-state index < -0.39 is 0 Å². The lowest BCUT2D eigenvalue weighted by Gasteiger charge is -2.31. The van der Waals surface area contributed by atoms with E-state index in [9.17, 15) is 9.59 Å². The number of aromatic nitrogens is 2. The quantitative estimate of drug-likeness (QED) is 0.816. The van der Waals surface area contributed by atoms with Crippen LogP contribution in [0.5, 0.6) is 0 Å². The fraction of sp³-hybridized carbons (Fsp3) is 0.647. The standard InChI is InChI=1S/C17H27N5O3/c1-4-12(3)20-15-11-18-14(10-19-15)16(23)21-13-6-8-22(9-7-13)17(24)25-5-2/h10-13H,4-9H2,1-3H3,(H,19,20)(H,21,23). The summed E-state index contributed by atoms with van der Waals surface area (Å²) in [5, 5.41) is 6.17. The van der Waals surface area contributed by atoms with Crippen molar-refractivity contribution in [1.82, 2.24) is 20.2 Å². The van der Waals surface area contributed by atoms with Crippen LogP contribution in [-0.4, -0.2) is 58.6 Å². The van der Waals surface area contributed by atoms with Crippen LogP contribution in [0.4, 0.5) is 10.6 Å². The average Bonchev–Trinajstić information content (AvgIpc) is 2.63. The van der Waals surface area contributed by atoms with Gasteiger partial charge in [0.25, 0.3) is 5.91 Å². The van der Waals surface area contributed by atoms with E-state index in [1.54, 1.807) is 18.0 Å². The van der Waals surface area contributed by atoms with Gasteiger partial charge in [-0.2, -0.15) is 0 Å². The minimum atomic E-state index is -0.289. The molecule has 2 rings (SSSR count). The number of anilines is 1. The fourth-order valence-electron chi connectivity index (χ4n) is 2.55. The van der Waals surface area contributed by atoms with Crippen LogP contribution in [-0.2, 0) is 4.74 Å². The molecule has 138 valence electrons. The van der Waals surface area contributed by atoms with Crippen molar-refractivity contribution in [3.05, 3.63) is 18.1 Å². The number of nitrogens with zero attached hydrogens (tertiary/aromatic N) is 3. The Morgan fingerprint density at radius 1 is 1.28 bits per heavy atom. The van der Waals surface area contributed by atoms with E-state index in [1.165, 1.54) is 6.20 Å². The molecule has 1 aliphatic heterocycles. The third kappa shape index (κ3) is 5.58. The molecule has 0 spiro atoms. The van der Waals surface area contributed by atoms with Gasteiger partial charge in [0, 0.05) is 25.2 Å². The number of amides is 2. The molecule has 0 bridgehead atoms. The van der Waals surface area contributed by atoms with E-state index in [1.807, 2.05) is 0 Å². The van der Waals surface area contributed by atoms with E-state index >= 15 is 0 Å². The van der Waals surface area contributed by atoms with Gasteiger partial charge in [0.05, 0.1) is 19.0 Å². The number of hydrogen-bond acceptors (Lipinski definition) is 6. The lowest BCUT2D eigenvalue weighted by molar-refractivity contribution is 0.0856. The van der Waals surface area contributed by atoms with Crippen LogP contribution in [0.15, 0.2) is 12.4 Å². The zero-order valence-electron chi connectivity index (χ0n) is 15.1. The van der Waals surface area contributed by atoms with Crippen molar-refractivity contribution in [2.24, 2.45) is 0 Å². The van der Waals surface area contributed by atoms with Crippen molar-refractivity contribution in [3.63, 3.8) is 0 Å². The Balaban J connectivity index is 1.81. The van der Waals surface area contributed by atoms with Gasteiger partial charge in [0.1, 0.15) is 11.5 Å². The minimum absolute atomic E-state index is 0.0258. The molecule has 1 fully saturated rings. The molecular formula is C17H27N5O3. The van der Waals surface area contributed by atoms with Crippen LogP contribution < -0.4 is 10.6 Å². The molecule has 0 radical (unpaired) electrons. The lowest BCUT2D eigenvalue weighted by Crippen LogP contribution is -2.46. The molecule has 1 aromatic rings. The molecule has 2 heterocycles. The molecule has 8 nitrogen and oxygen atoms in total. The van der Waals surface area contributed by atoms with Gasteiger partial charge in [0.2, 0.25) is 0 Å². The van der Waals surface area contributed by atoms with Crippen molar-refractivity contribution in [1.29, 1.82) is 0 Å². The van der Waals surface area contributed by atoms with Crippen molar-refractivity contribution < 1.29 is 14.3 Å². The predicted octanol–water partition coefficient (Wildman–Crippen LogP) is 2.04. The number of hydrogen-bond donors (Lipinski definition) is 2. The zero-order chi connectivity index (χ0) is 18.2. The van der Waals surface area contributed by atoms with Gasteiger partial charge in [0.15, 0.2) is 0 Å². The second-order valence-corrected chi connectivity index (χ2v) is 6.17. The number of ether oxygens (including phenoxy) is 1. The van der Waals surface area contributed by atoms with E-state index in [2.05, 4.69) is 34.4 Å². The first-order chi connectivity index (χ1) is 12.0. The Bertz CT molecular complexity index is 570. The molecule has 1 aliphatic rings. The summed E-state index contributed by atoms with van der Waals surface area (Å²) in [7, 11) is 0. The van der Waals surface area contributed by atoms with Gasteiger partial charge < -0.3 is 20.3 Å². The Hall–Kier alpha value is -2.38. The first-order valence-electron chi connectivity index (χ1n) is 8.84. The zero-order valence-corrected chi connectivity index (χ0v) is 15.1. The Kier molecular flexibility index (Phi) is 6.97. The van der Waals surface area contributed by atoms with Crippen molar-refractivity contribution in [2.45, 2.75) is 52.1 Å². The second-order valence-electron chi connectivity index (χ2n) is 6.17. The summed E-state index contributed by atoms with van der Waals surface area (Å²) in [4.78, 5) is 34.0. The topological polar surface area (TPSA) is 96.5 Å². The highest BCUT2D eigenvalue weighted by atomic mass is 16.6. The Morgan fingerprint density at radius 3 is 2.56 bits per heavy atom. The van der Waals surface area contributed by atoms with Crippen LogP contribution in [0.1, 0.15) is 50.5 Å². The van der Waals surface area contributed by atoms with Gasteiger partial charge in [-0.25, -0.2) is 14.8 Å². The number of likely N-dealkylation sites (tertiary alicyclic amines) is 1. The first kappa shape index (κ1) is 19.0. The summed E-state index contributed by atoms with van der Waals surface area (Å²) in [6.07, 6.45) is 5.15. The number of carbonyl (C=O) groups is 2. The Morgan fingerprint density at radius 2 is 2.00 bits per heavy atom. The van der Waals surface area contributed by atoms with E-state index in [-0.39, 0.29) is 18.0 Å². The summed E-state index contributed by atoms with van der Waals surface area (Å²) in [6.45, 7) is 7.46. The maximum absolute atomic E-state index is 12.3. The number of rotatable bonds is 6. The van der Waals surface area contributed by atoms with Gasteiger partial charge in [-0.3, -0.25) is 4.79 Å². The Labute approximate surface area is 148 Å². The molecule has 2 N–H and O–H groups in total. The molecule has 0 saturated carbocycles. The van der Waals surface area contributed by atoms with Crippen LogP contribution in [0.3, 0.4) is 0 Å². The van der Waals surface area contributed by atoms with Crippen molar-refractivity contribution in [3.8, 4) is 0 Å². The van der Waals surface area contributed by atoms with E-state index in [0.717, 1.165) is 6.42 Å². The van der Waals surface area contributed by atoms with Crippen LogP contribution >= 0.6 is 0 Å². The van der Waals surface area contributed by atoms with Gasteiger partial charge in [-0.1, -0.05) is 6.92 Å². The molecule has 0 aromatic carbocycles. The summed E-state index contributed by atoms with van der Waals surface area (Å²) < 4.78 is 4.99. The summed E-state index contributed by atoms with van der Waals surface area (Å²) >= 11 is 0. The number of piperidine rings is 1. The smallest absolute Gasteiger partial charge is 0.409 e. The molecule has 1 aromatic heterocycles. The highest BCUT2D eigenvalue weighted by Gasteiger charge is 2.25. The molecule has 0 aliphatic carbocycles. The van der Waals surface area contributed by atoms with Crippen molar-refractivity contribution >= 4 is 17.8 Å². The van der Waals surface area contributed by atoms with Gasteiger partial charge >= 0.3 is 6.09 Å². The second kappa shape index (κ2) is 9.19. The van der Waals surface area contributed by atoms with E-state index in [0.29, 0.717) is 50.1 Å². The molecule has 2 amide bonds. The third-order valence-electron chi connectivity index (χ3n) is 4.25. The maximum Gasteiger partial charge on any atom is 0.409 e. The lowest BCUT2D eigenvalue weighted by atomic mass is 10.1. The molecule has 8 heteroatoms. The minimum Gasteiger partial charge on any atom is -0.450 e. The summed E-state index contributed by atoms with van der Waals surface area (Å²) in [6, 6.07) is 0.330. The first-order valence-corrected chi connectivity index (χ1v) is 8.84. The number of nitrogens with one attached hydrogen (secondary N) is 2. The molecule has 1 saturated heterocycles. The van der Waals surface area contributed by atoms with Gasteiger partial charge in [-0.05, 0) is 33.1 Å². The summed E-state index contributed by atoms with van der Waals surface area (Å²) in [5.74, 6) is 0.422. The highest BCUT2D eigenvalue weighted by molar-refractivity contribution is 5.92. The monoisotopic (exact) mass is 349 g/mol. The van der Waals surface area contributed by atoms with Gasteiger partial charge in [-0.15, -0.1) is 0 Å². The average molecular weight is 349 g/mol. The van der Waals surface area contributed by atoms with Crippen LogP contribution in [0, 0.1) is 0 Å². The summed E-state index contributed by atoms with van der Waals surface area (Å²) in [5.41, 5.74) is 0.294. The van der Waals surface area contributed by atoms with Crippen molar-refractivity contribution in [2.75, 3.05) is 25.0 Å². The van der Waals surface area contributed by atoms with Crippen LogP contribution in [0.25, 0.3) is 0 Å².